The second-order valence-corrected chi connectivity index (χ2v) is 9.19. The number of anilines is 1. The molecule has 2 saturated heterocycles. The molecule has 2 fully saturated rings. The number of morpholine rings is 1. The Morgan fingerprint density at radius 1 is 1.37 bits per heavy atom. The van der Waals surface area contributed by atoms with Gasteiger partial charge in [-0.15, -0.1) is 0 Å². The molecule has 1 unspecified atom stereocenters. The van der Waals surface area contributed by atoms with E-state index in [4.69, 9.17) is 4.74 Å². The van der Waals surface area contributed by atoms with Crippen molar-refractivity contribution in [1.29, 1.82) is 0 Å². The van der Waals surface area contributed by atoms with Crippen LogP contribution < -0.4 is 10.2 Å². The zero-order valence-corrected chi connectivity index (χ0v) is 16.6. The average Bonchev–Trinajstić information content (AvgIpc) is 3.03. The lowest BCUT2D eigenvalue weighted by atomic mass is 10.2. The maximum atomic E-state index is 12.3. The molecule has 1 N–H and O–H groups in total. The minimum Gasteiger partial charge on any atom is -0.379 e. The highest BCUT2D eigenvalue weighted by Crippen LogP contribution is 2.22. The fourth-order valence-electron chi connectivity index (χ4n) is 3.57. The van der Waals surface area contributed by atoms with Crippen LogP contribution in [0.25, 0.3) is 0 Å². The first-order valence-corrected chi connectivity index (χ1v) is 11.3. The van der Waals surface area contributed by atoms with Crippen molar-refractivity contribution < 1.29 is 17.9 Å². The van der Waals surface area contributed by atoms with Crippen LogP contribution in [0.2, 0.25) is 0 Å². The van der Waals surface area contributed by atoms with Gasteiger partial charge in [0.1, 0.15) is 5.82 Å². The van der Waals surface area contributed by atoms with Crippen LogP contribution in [-0.2, 0) is 14.6 Å². The Hall–Kier alpha value is -1.71. The lowest BCUT2D eigenvalue weighted by molar-refractivity contribution is 0.0383. The number of sulfone groups is 1. The lowest BCUT2D eigenvalue weighted by Gasteiger charge is -2.28. The fourth-order valence-corrected chi connectivity index (χ4v) is 5.30. The first-order chi connectivity index (χ1) is 13.0. The number of amides is 1. The summed E-state index contributed by atoms with van der Waals surface area (Å²) in [5.74, 6) is 0.975. The Balaban J connectivity index is 1.53. The molecule has 0 saturated carbocycles. The van der Waals surface area contributed by atoms with E-state index < -0.39 is 9.84 Å². The number of rotatable bonds is 7. The molecule has 2 aliphatic rings. The van der Waals surface area contributed by atoms with Crippen LogP contribution >= 0.6 is 0 Å². The van der Waals surface area contributed by atoms with Crippen molar-refractivity contribution in [2.45, 2.75) is 19.4 Å². The molecule has 0 radical (unpaired) electrons. The predicted molar refractivity (Wildman–Crippen MR) is 104 cm³/mol. The van der Waals surface area contributed by atoms with Gasteiger partial charge >= 0.3 is 0 Å². The number of pyridine rings is 1. The molecule has 3 heterocycles. The molecule has 1 amide bonds. The maximum Gasteiger partial charge on any atom is 0.252 e. The van der Waals surface area contributed by atoms with E-state index in [1.165, 1.54) is 0 Å². The average molecular weight is 397 g/mol. The minimum absolute atomic E-state index is 0.0410. The number of ether oxygens (including phenoxy) is 1. The van der Waals surface area contributed by atoms with E-state index >= 15 is 0 Å². The molecule has 27 heavy (non-hydrogen) atoms. The highest BCUT2D eigenvalue weighted by molar-refractivity contribution is 7.91. The van der Waals surface area contributed by atoms with Gasteiger partial charge in [-0.1, -0.05) is 0 Å². The fraction of sp³-hybridized carbons (Fsp3) is 0.667. The van der Waals surface area contributed by atoms with Gasteiger partial charge in [-0.3, -0.25) is 9.69 Å². The summed E-state index contributed by atoms with van der Waals surface area (Å²) >= 11 is 0. The highest BCUT2D eigenvalue weighted by Gasteiger charge is 2.32. The van der Waals surface area contributed by atoms with E-state index in [1.54, 1.807) is 18.3 Å². The third kappa shape index (κ3) is 5.40. The molecule has 0 aliphatic carbocycles. The van der Waals surface area contributed by atoms with Gasteiger partial charge in [0.05, 0.1) is 30.3 Å². The van der Waals surface area contributed by atoms with Crippen molar-refractivity contribution in [2.75, 3.05) is 62.3 Å². The van der Waals surface area contributed by atoms with Gasteiger partial charge in [0.15, 0.2) is 9.84 Å². The van der Waals surface area contributed by atoms with Crippen molar-refractivity contribution in [3.05, 3.63) is 23.9 Å². The standard InChI is InChI=1S/C18H28N4O4S/c1-2-22(16-5-12-27(24,25)14-16)17-4-3-15(13-20-17)18(23)19-6-7-21-8-10-26-11-9-21/h3-4,13,16H,2,5-12,14H2,1H3,(H,19,23). The van der Waals surface area contributed by atoms with Gasteiger partial charge in [-0.2, -0.15) is 0 Å². The molecule has 8 nitrogen and oxygen atoms in total. The van der Waals surface area contributed by atoms with Gasteiger partial charge in [0.25, 0.3) is 5.91 Å². The number of carbonyl (C=O) groups excluding carboxylic acids is 1. The van der Waals surface area contributed by atoms with Gasteiger partial charge < -0.3 is 15.0 Å². The van der Waals surface area contributed by atoms with Gasteiger partial charge in [0, 0.05) is 45.0 Å². The monoisotopic (exact) mass is 396 g/mol. The van der Waals surface area contributed by atoms with Crippen LogP contribution in [0.3, 0.4) is 0 Å². The molecule has 1 aromatic rings. The van der Waals surface area contributed by atoms with E-state index in [9.17, 15) is 13.2 Å². The van der Waals surface area contributed by atoms with Crippen LogP contribution in [-0.4, -0.2) is 87.7 Å². The molecule has 2 aliphatic heterocycles. The number of carbonyl (C=O) groups is 1. The first kappa shape index (κ1) is 20.0. The Bertz CT molecular complexity index is 732. The zero-order chi connectivity index (χ0) is 19.3. The van der Waals surface area contributed by atoms with Crippen molar-refractivity contribution >= 4 is 21.6 Å². The highest BCUT2D eigenvalue weighted by atomic mass is 32.2. The molecule has 9 heteroatoms. The predicted octanol–water partition coefficient (Wildman–Crippen LogP) is 0.157. The Labute approximate surface area is 160 Å². The number of hydrogen-bond acceptors (Lipinski definition) is 7. The summed E-state index contributed by atoms with van der Waals surface area (Å²) in [6, 6.07) is 3.50. The SMILES string of the molecule is CCN(c1ccc(C(=O)NCCN2CCOCC2)cn1)C1CCS(=O)(=O)C1. The molecule has 0 bridgehead atoms. The molecule has 150 valence electrons. The number of aromatic nitrogens is 1. The summed E-state index contributed by atoms with van der Waals surface area (Å²) in [6.45, 7) is 7.34. The Morgan fingerprint density at radius 2 is 2.15 bits per heavy atom. The normalized spacial score (nSPS) is 22.5. The van der Waals surface area contributed by atoms with Crippen LogP contribution in [0, 0.1) is 0 Å². The number of nitrogens with one attached hydrogen (secondary N) is 1. The summed E-state index contributed by atoms with van der Waals surface area (Å²) in [4.78, 5) is 21.0. The second kappa shape index (κ2) is 8.99. The summed E-state index contributed by atoms with van der Waals surface area (Å²) in [5, 5.41) is 2.92. The largest absolute Gasteiger partial charge is 0.379 e. The number of nitrogens with zero attached hydrogens (tertiary/aromatic N) is 3. The topological polar surface area (TPSA) is 91.8 Å². The van der Waals surface area contributed by atoms with E-state index in [1.807, 2.05) is 11.8 Å². The smallest absolute Gasteiger partial charge is 0.252 e. The molecule has 1 atom stereocenters. The molecule has 0 aromatic carbocycles. The van der Waals surface area contributed by atoms with E-state index in [0.717, 1.165) is 32.8 Å². The number of hydrogen-bond donors (Lipinski definition) is 1. The molecular formula is C18H28N4O4S. The van der Waals surface area contributed by atoms with Crippen LogP contribution in [0.15, 0.2) is 18.3 Å². The van der Waals surface area contributed by atoms with Crippen molar-refractivity contribution in [1.82, 2.24) is 15.2 Å². The van der Waals surface area contributed by atoms with Crippen LogP contribution in [0.5, 0.6) is 0 Å². The zero-order valence-electron chi connectivity index (χ0n) is 15.8. The van der Waals surface area contributed by atoms with Gasteiger partial charge in [-0.05, 0) is 25.5 Å². The van der Waals surface area contributed by atoms with E-state index in [2.05, 4.69) is 15.2 Å². The third-order valence-corrected chi connectivity index (χ3v) is 6.86. The van der Waals surface area contributed by atoms with Crippen molar-refractivity contribution in [2.24, 2.45) is 0 Å². The molecule has 0 spiro atoms. The Kier molecular flexibility index (Phi) is 6.67. The second-order valence-electron chi connectivity index (χ2n) is 6.96. The van der Waals surface area contributed by atoms with Gasteiger partial charge in [0.2, 0.25) is 0 Å². The van der Waals surface area contributed by atoms with E-state index in [-0.39, 0.29) is 23.5 Å². The quantitative estimate of drug-likeness (QED) is 0.702. The molecule has 1 aromatic heterocycles. The summed E-state index contributed by atoms with van der Waals surface area (Å²) in [7, 11) is -2.95. The van der Waals surface area contributed by atoms with Crippen LogP contribution in [0.1, 0.15) is 23.7 Å². The summed E-state index contributed by atoms with van der Waals surface area (Å²) < 4.78 is 28.8. The van der Waals surface area contributed by atoms with Crippen molar-refractivity contribution in [3.63, 3.8) is 0 Å². The van der Waals surface area contributed by atoms with Crippen molar-refractivity contribution in [3.8, 4) is 0 Å². The molecule has 3 rings (SSSR count). The first-order valence-electron chi connectivity index (χ1n) is 9.50. The Morgan fingerprint density at radius 3 is 2.74 bits per heavy atom. The molecular weight excluding hydrogens is 368 g/mol. The minimum atomic E-state index is -2.95. The van der Waals surface area contributed by atoms with E-state index in [0.29, 0.717) is 30.9 Å². The van der Waals surface area contributed by atoms with Gasteiger partial charge in [-0.25, -0.2) is 13.4 Å². The summed E-state index contributed by atoms with van der Waals surface area (Å²) in [5.41, 5.74) is 0.510. The maximum absolute atomic E-state index is 12.3. The third-order valence-electron chi connectivity index (χ3n) is 5.11. The lowest BCUT2D eigenvalue weighted by Crippen LogP contribution is -2.41. The summed E-state index contributed by atoms with van der Waals surface area (Å²) in [6.07, 6.45) is 2.19. The van der Waals surface area contributed by atoms with Crippen LogP contribution in [0.4, 0.5) is 5.82 Å².